The van der Waals surface area contributed by atoms with Gasteiger partial charge in [0.15, 0.2) is 0 Å². The van der Waals surface area contributed by atoms with Crippen LogP contribution in [0, 0.1) is 6.92 Å². The van der Waals surface area contributed by atoms with E-state index in [-0.39, 0.29) is 17.7 Å². The van der Waals surface area contributed by atoms with Crippen LogP contribution in [0.15, 0.2) is 42.5 Å². The molecule has 0 aliphatic carbocycles. The molecular weight excluding hydrogens is 282 g/mol. The average molecular weight is 299 g/mol. The number of nitrogens with one attached hydrogen (secondary N) is 1. The van der Waals surface area contributed by atoms with Gasteiger partial charge in [0.2, 0.25) is 0 Å². The molecule has 0 heterocycles. The number of aliphatic carboxylic acids is 1. The molecule has 114 valence electrons. The molecule has 0 bridgehead atoms. The van der Waals surface area contributed by atoms with E-state index in [1.807, 2.05) is 19.1 Å². The standard InChI is InChI=1S/C17H17NO4/c1-11-6-7-12(8-9-16(20)21)10-14(11)18-17(22)13-4-2-3-5-15(13)19/h2-7,10,19H,8-9H2,1H3,(H,18,22)(H,20,21). The lowest BCUT2D eigenvalue weighted by molar-refractivity contribution is -0.136. The second-order valence-corrected chi connectivity index (χ2v) is 5.01. The Morgan fingerprint density at radius 2 is 1.86 bits per heavy atom. The number of aromatic hydroxyl groups is 1. The van der Waals surface area contributed by atoms with Crippen LogP contribution in [0.5, 0.6) is 5.75 Å². The fourth-order valence-electron chi connectivity index (χ4n) is 2.07. The van der Waals surface area contributed by atoms with Crippen LogP contribution in [0.1, 0.15) is 27.9 Å². The third-order valence-corrected chi connectivity index (χ3v) is 3.33. The zero-order chi connectivity index (χ0) is 16.1. The highest BCUT2D eigenvalue weighted by molar-refractivity contribution is 6.06. The van der Waals surface area contributed by atoms with E-state index in [2.05, 4.69) is 5.32 Å². The molecule has 0 saturated heterocycles. The van der Waals surface area contributed by atoms with Gasteiger partial charge in [0.25, 0.3) is 5.91 Å². The Morgan fingerprint density at radius 3 is 2.55 bits per heavy atom. The molecule has 0 aliphatic heterocycles. The molecule has 0 spiro atoms. The van der Waals surface area contributed by atoms with Crippen LogP contribution in [0.25, 0.3) is 0 Å². The smallest absolute Gasteiger partial charge is 0.303 e. The SMILES string of the molecule is Cc1ccc(CCC(=O)O)cc1NC(=O)c1ccccc1O. The fraction of sp³-hybridized carbons (Fsp3) is 0.176. The van der Waals surface area contributed by atoms with Crippen LogP contribution in [0.2, 0.25) is 0 Å². The summed E-state index contributed by atoms with van der Waals surface area (Å²) in [7, 11) is 0. The van der Waals surface area contributed by atoms with Crippen molar-refractivity contribution in [1.82, 2.24) is 0 Å². The highest BCUT2D eigenvalue weighted by Gasteiger charge is 2.12. The Balaban J connectivity index is 2.18. The molecule has 0 atom stereocenters. The number of rotatable bonds is 5. The number of benzene rings is 2. The first-order chi connectivity index (χ1) is 10.5. The molecule has 0 radical (unpaired) electrons. The minimum absolute atomic E-state index is 0.0376. The minimum atomic E-state index is -0.861. The van der Waals surface area contributed by atoms with Crippen LogP contribution in [-0.2, 0) is 11.2 Å². The first-order valence-corrected chi connectivity index (χ1v) is 6.88. The molecule has 0 saturated carbocycles. The molecule has 5 nitrogen and oxygen atoms in total. The summed E-state index contributed by atoms with van der Waals surface area (Å²) < 4.78 is 0. The summed E-state index contributed by atoms with van der Waals surface area (Å²) in [4.78, 5) is 22.8. The normalized spacial score (nSPS) is 10.2. The monoisotopic (exact) mass is 299 g/mol. The zero-order valence-electron chi connectivity index (χ0n) is 12.2. The molecular formula is C17H17NO4. The summed E-state index contributed by atoms with van der Waals surface area (Å²) in [6.07, 6.45) is 0.436. The maximum Gasteiger partial charge on any atom is 0.303 e. The van der Waals surface area contributed by atoms with Gasteiger partial charge in [0.05, 0.1) is 5.56 Å². The van der Waals surface area contributed by atoms with Crippen molar-refractivity contribution in [1.29, 1.82) is 0 Å². The highest BCUT2D eigenvalue weighted by Crippen LogP contribution is 2.21. The summed E-state index contributed by atoms with van der Waals surface area (Å²) in [6, 6.07) is 11.7. The van der Waals surface area contributed by atoms with Gasteiger partial charge < -0.3 is 15.5 Å². The van der Waals surface area contributed by atoms with E-state index in [0.717, 1.165) is 11.1 Å². The third kappa shape index (κ3) is 3.85. The Hall–Kier alpha value is -2.82. The van der Waals surface area contributed by atoms with Crippen LogP contribution in [-0.4, -0.2) is 22.1 Å². The van der Waals surface area contributed by atoms with Gasteiger partial charge in [0, 0.05) is 12.1 Å². The summed E-state index contributed by atoms with van der Waals surface area (Å²) >= 11 is 0. The van der Waals surface area contributed by atoms with Crippen molar-refractivity contribution in [3.8, 4) is 5.75 Å². The fourth-order valence-corrected chi connectivity index (χ4v) is 2.07. The van der Waals surface area contributed by atoms with Gasteiger partial charge in [-0.2, -0.15) is 0 Å². The predicted octanol–water partition coefficient (Wildman–Crippen LogP) is 2.97. The van der Waals surface area contributed by atoms with E-state index in [0.29, 0.717) is 12.1 Å². The highest BCUT2D eigenvalue weighted by atomic mass is 16.4. The van der Waals surface area contributed by atoms with Gasteiger partial charge in [-0.25, -0.2) is 0 Å². The zero-order valence-corrected chi connectivity index (χ0v) is 12.2. The molecule has 5 heteroatoms. The van der Waals surface area contributed by atoms with Gasteiger partial charge in [-0.05, 0) is 42.7 Å². The molecule has 2 aromatic rings. The molecule has 2 aromatic carbocycles. The Kier molecular flexibility index (Phi) is 4.78. The summed E-state index contributed by atoms with van der Waals surface area (Å²) in [5, 5.41) is 21.2. The predicted molar refractivity (Wildman–Crippen MR) is 83.2 cm³/mol. The van der Waals surface area contributed by atoms with E-state index in [9.17, 15) is 14.7 Å². The Morgan fingerprint density at radius 1 is 1.14 bits per heavy atom. The molecule has 0 unspecified atom stereocenters. The molecule has 0 fully saturated rings. The number of carbonyl (C=O) groups excluding carboxylic acids is 1. The van der Waals surface area contributed by atoms with Gasteiger partial charge in [-0.3, -0.25) is 9.59 Å². The van der Waals surface area contributed by atoms with Crippen LogP contribution < -0.4 is 5.32 Å². The Labute approximate surface area is 128 Å². The molecule has 0 aliphatic rings. The van der Waals surface area contributed by atoms with Crippen molar-refractivity contribution in [2.24, 2.45) is 0 Å². The minimum Gasteiger partial charge on any atom is -0.507 e. The first-order valence-electron chi connectivity index (χ1n) is 6.88. The molecule has 3 N–H and O–H groups in total. The summed E-state index contributed by atoms with van der Waals surface area (Å²) in [6.45, 7) is 1.85. The number of carboxylic acids is 1. The van der Waals surface area contributed by atoms with E-state index < -0.39 is 11.9 Å². The number of hydrogen-bond acceptors (Lipinski definition) is 3. The molecule has 2 rings (SSSR count). The van der Waals surface area contributed by atoms with Crippen molar-refractivity contribution < 1.29 is 19.8 Å². The van der Waals surface area contributed by atoms with Gasteiger partial charge in [-0.15, -0.1) is 0 Å². The van der Waals surface area contributed by atoms with E-state index in [1.165, 1.54) is 12.1 Å². The lowest BCUT2D eigenvalue weighted by Crippen LogP contribution is -2.13. The van der Waals surface area contributed by atoms with Crippen molar-refractivity contribution in [3.63, 3.8) is 0 Å². The number of carboxylic acid groups (broad SMARTS) is 1. The van der Waals surface area contributed by atoms with Crippen LogP contribution in [0.4, 0.5) is 5.69 Å². The van der Waals surface area contributed by atoms with Crippen molar-refractivity contribution in [2.45, 2.75) is 19.8 Å². The average Bonchev–Trinajstić information content (AvgIpc) is 2.48. The maximum atomic E-state index is 12.2. The van der Waals surface area contributed by atoms with Gasteiger partial charge in [0.1, 0.15) is 5.75 Å². The maximum absolute atomic E-state index is 12.2. The van der Waals surface area contributed by atoms with Crippen molar-refractivity contribution >= 4 is 17.6 Å². The Bertz CT molecular complexity index is 710. The van der Waals surface area contributed by atoms with E-state index >= 15 is 0 Å². The number of aryl methyl sites for hydroxylation is 2. The second kappa shape index (κ2) is 6.76. The van der Waals surface area contributed by atoms with Crippen molar-refractivity contribution in [3.05, 3.63) is 59.2 Å². The lowest BCUT2D eigenvalue weighted by Gasteiger charge is -2.11. The molecule has 22 heavy (non-hydrogen) atoms. The number of para-hydroxylation sites is 1. The van der Waals surface area contributed by atoms with Crippen molar-refractivity contribution in [2.75, 3.05) is 5.32 Å². The number of carbonyl (C=O) groups is 2. The summed E-state index contributed by atoms with van der Waals surface area (Å²) in [5.41, 5.74) is 2.50. The second-order valence-electron chi connectivity index (χ2n) is 5.01. The van der Waals surface area contributed by atoms with E-state index in [4.69, 9.17) is 5.11 Å². The largest absolute Gasteiger partial charge is 0.507 e. The van der Waals surface area contributed by atoms with E-state index in [1.54, 1.807) is 18.2 Å². The number of phenolic OH excluding ortho intramolecular Hbond substituents is 1. The number of amides is 1. The van der Waals surface area contributed by atoms with Crippen LogP contribution >= 0.6 is 0 Å². The number of phenols is 1. The van der Waals surface area contributed by atoms with Gasteiger partial charge >= 0.3 is 5.97 Å². The summed E-state index contributed by atoms with van der Waals surface area (Å²) in [5.74, 6) is -1.35. The lowest BCUT2D eigenvalue weighted by atomic mass is 10.1. The number of hydrogen-bond donors (Lipinski definition) is 3. The van der Waals surface area contributed by atoms with Crippen LogP contribution in [0.3, 0.4) is 0 Å². The molecule has 0 aromatic heterocycles. The van der Waals surface area contributed by atoms with Gasteiger partial charge in [-0.1, -0.05) is 24.3 Å². The quantitative estimate of drug-likeness (QED) is 0.792. The molecule has 1 amide bonds. The topological polar surface area (TPSA) is 86.6 Å². The number of anilines is 1. The first kappa shape index (κ1) is 15.6. The third-order valence-electron chi connectivity index (χ3n) is 3.33.